The minimum Gasteiger partial charge on any atom is -0.357 e. The van der Waals surface area contributed by atoms with Crippen molar-refractivity contribution in [3.8, 4) is 0 Å². The second-order valence-corrected chi connectivity index (χ2v) is 8.44. The maximum absolute atomic E-state index is 13.2. The number of nitrogens with zero attached hydrogens (tertiary/aromatic N) is 2. The van der Waals surface area contributed by atoms with Gasteiger partial charge in [0.25, 0.3) is 5.91 Å². The van der Waals surface area contributed by atoms with E-state index in [9.17, 15) is 14.4 Å². The summed E-state index contributed by atoms with van der Waals surface area (Å²) in [5.41, 5.74) is 4.47. The summed E-state index contributed by atoms with van der Waals surface area (Å²) in [4.78, 5) is 43.8. The standard InChI is InChI=1S/C23H21ClN4O3/c1-13(29)25-15-3-5-16(6-4-15)28-22(30)11-21(23(28)31)27-9-8-17-18-10-14(24)2-7-19(18)26-20(17)12-27/h2-7,10,21,26H,8-9,11-12H2,1H3,(H,25,29)/t21-/m0/s1. The van der Waals surface area contributed by atoms with E-state index in [1.807, 2.05) is 18.2 Å². The molecule has 2 aliphatic rings. The number of nitrogens with one attached hydrogen (secondary N) is 2. The topological polar surface area (TPSA) is 85.5 Å². The zero-order valence-corrected chi connectivity index (χ0v) is 17.7. The Morgan fingerprint density at radius 1 is 1.16 bits per heavy atom. The summed E-state index contributed by atoms with van der Waals surface area (Å²) >= 11 is 6.16. The van der Waals surface area contributed by atoms with Gasteiger partial charge in [-0.2, -0.15) is 0 Å². The van der Waals surface area contributed by atoms with Gasteiger partial charge in [0.1, 0.15) is 0 Å². The average Bonchev–Trinajstić information content (AvgIpc) is 3.24. The third-order valence-corrected chi connectivity index (χ3v) is 6.21. The summed E-state index contributed by atoms with van der Waals surface area (Å²) in [6.45, 7) is 2.71. The van der Waals surface area contributed by atoms with Gasteiger partial charge in [0.2, 0.25) is 11.8 Å². The molecule has 0 unspecified atom stereocenters. The van der Waals surface area contributed by atoms with Crippen LogP contribution in [-0.2, 0) is 27.3 Å². The average molecular weight is 437 g/mol. The van der Waals surface area contributed by atoms with Crippen LogP contribution in [0.2, 0.25) is 5.02 Å². The summed E-state index contributed by atoms with van der Waals surface area (Å²) in [5.74, 6) is -0.596. The molecule has 0 aliphatic carbocycles. The lowest BCUT2D eigenvalue weighted by molar-refractivity contribution is -0.123. The van der Waals surface area contributed by atoms with Crippen LogP contribution < -0.4 is 10.2 Å². The molecule has 2 N–H and O–H groups in total. The number of fused-ring (bicyclic) bond motifs is 3. The van der Waals surface area contributed by atoms with Crippen molar-refractivity contribution in [2.75, 3.05) is 16.8 Å². The Labute approximate surface area is 184 Å². The van der Waals surface area contributed by atoms with Gasteiger partial charge in [0, 0.05) is 47.3 Å². The number of hydrogen-bond acceptors (Lipinski definition) is 4. The molecule has 3 amide bonds. The molecule has 1 saturated heterocycles. The first-order chi connectivity index (χ1) is 14.9. The number of amides is 3. The number of hydrogen-bond donors (Lipinski definition) is 2. The van der Waals surface area contributed by atoms with E-state index in [0.29, 0.717) is 29.5 Å². The van der Waals surface area contributed by atoms with E-state index >= 15 is 0 Å². The van der Waals surface area contributed by atoms with Gasteiger partial charge in [-0.05, 0) is 54.4 Å². The maximum Gasteiger partial charge on any atom is 0.251 e. The predicted molar refractivity (Wildman–Crippen MR) is 119 cm³/mol. The van der Waals surface area contributed by atoms with Crippen LogP contribution in [0.4, 0.5) is 11.4 Å². The van der Waals surface area contributed by atoms with Crippen LogP contribution in [0.5, 0.6) is 0 Å². The van der Waals surface area contributed by atoms with Gasteiger partial charge in [-0.1, -0.05) is 11.6 Å². The van der Waals surface area contributed by atoms with Crippen LogP contribution in [0.25, 0.3) is 10.9 Å². The molecule has 5 rings (SSSR count). The van der Waals surface area contributed by atoms with E-state index in [2.05, 4.69) is 15.2 Å². The van der Waals surface area contributed by atoms with Crippen molar-refractivity contribution in [2.45, 2.75) is 32.4 Å². The first kappa shape index (κ1) is 19.8. The summed E-state index contributed by atoms with van der Waals surface area (Å²) in [7, 11) is 0. The van der Waals surface area contributed by atoms with Crippen molar-refractivity contribution < 1.29 is 14.4 Å². The van der Waals surface area contributed by atoms with Crippen molar-refractivity contribution in [1.29, 1.82) is 0 Å². The van der Waals surface area contributed by atoms with Gasteiger partial charge in [0.05, 0.1) is 18.2 Å². The predicted octanol–water partition coefficient (Wildman–Crippen LogP) is 3.47. The van der Waals surface area contributed by atoms with E-state index in [0.717, 1.165) is 23.0 Å². The van der Waals surface area contributed by atoms with Gasteiger partial charge in [-0.15, -0.1) is 0 Å². The Kier molecular flexibility index (Phi) is 4.79. The minimum absolute atomic E-state index is 0.160. The number of aromatic amines is 1. The van der Waals surface area contributed by atoms with Crippen LogP contribution in [0.15, 0.2) is 42.5 Å². The number of imide groups is 1. The van der Waals surface area contributed by atoms with Gasteiger partial charge in [-0.3, -0.25) is 19.3 Å². The number of aromatic nitrogens is 1. The highest BCUT2D eigenvalue weighted by atomic mass is 35.5. The van der Waals surface area contributed by atoms with Gasteiger partial charge in [0.15, 0.2) is 0 Å². The van der Waals surface area contributed by atoms with Crippen LogP contribution in [0.3, 0.4) is 0 Å². The molecule has 7 nitrogen and oxygen atoms in total. The lowest BCUT2D eigenvalue weighted by atomic mass is 10.0. The van der Waals surface area contributed by atoms with Crippen LogP contribution >= 0.6 is 11.6 Å². The van der Waals surface area contributed by atoms with E-state index in [1.165, 1.54) is 17.4 Å². The molecular formula is C23H21ClN4O3. The zero-order chi connectivity index (χ0) is 21.7. The first-order valence-electron chi connectivity index (χ1n) is 10.2. The quantitative estimate of drug-likeness (QED) is 0.615. The number of anilines is 2. The fourth-order valence-electron chi connectivity index (χ4n) is 4.57. The van der Waals surface area contributed by atoms with Gasteiger partial charge >= 0.3 is 0 Å². The van der Waals surface area contributed by atoms with Gasteiger partial charge in [-0.25, -0.2) is 4.90 Å². The molecule has 0 spiro atoms. The second kappa shape index (κ2) is 7.51. The molecule has 8 heteroatoms. The van der Waals surface area contributed by atoms with E-state index in [-0.39, 0.29) is 24.1 Å². The zero-order valence-electron chi connectivity index (χ0n) is 16.9. The fraction of sp³-hybridized carbons (Fsp3) is 0.261. The summed E-state index contributed by atoms with van der Waals surface area (Å²) in [5, 5.41) is 4.51. The number of halogens is 1. The SMILES string of the molecule is CC(=O)Nc1ccc(N2C(=O)C[C@H](N3CCc4c([nH]c5ccc(Cl)cc45)C3)C2=O)cc1. The lowest BCUT2D eigenvalue weighted by Gasteiger charge is -2.30. The molecule has 0 radical (unpaired) electrons. The maximum atomic E-state index is 13.2. The van der Waals surface area contributed by atoms with E-state index in [4.69, 9.17) is 11.6 Å². The van der Waals surface area contributed by atoms with Crippen LogP contribution in [0, 0.1) is 0 Å². The largest absolute Gasteiger partial charge is 0.357 e. The molecule has 0 saturated carbocycles. The Morgan fingerprint density at radius 2 is 1.94 bits per heavy atom. The first-order valence-corrected chi connectivity index (χ1v) is 10.6. The van der Waals surface area contributed by atoms with E-state index in [1.54, 1.807) is 24.3 Å². The Hall–Kier alpha value is -3.16. The van der Waals surface area contributed by atoms with Crippen LogP contribution in [-0.4, -0.2) is 40.2 Å². The number of benzene rings is 2. The van der Waals surface area contributed by atoms with Crippen molar-refractivity contribution in [1.82, 2.24) is 9.88 Å². The van der Waals surface area contributed by atoms with Gasteiger partial charge < -0.3 is 10.3 Å². The molecule has 1 atom stereocenters. The molecule has 3 heterocycles. The fourth-order valence-corrected chi connectivity index (χ4v) is 4.74. The lowest BCUT2D eigenvalue weighted by Crippen LogP contribution is -2.44. The number of H-pyrrole nitrogens is 1. The van der Waals surface area contributed by atoms with Crippen LogP contribution in [0.1, 0.15) is 24.6 Å². The highest BCUT2D eigenvalue weighted by Crippen LogP contribution is 2.33. The highest BCUT2D eigenvalue weighted by Gasteiger charge is 2.43. The number of carbonyl (C=O) groups is 3. The van der Waals surface area contributed by atoms with Crippen molar-refractivity contribution in [3.63, 3.8) is 0 Å². The molecular weight excluding hydrogens is 416 g/mol. The highest BCUT2D eigenvalue weighted by molar-refractivity contribution is 6.31. The monoisotopic (exact) mass is 436 g/mol. The van der Waals surface area contributed by atoms with Crippen molar-refractivity contribution in [2.24, 2.45) is 0 Å². The smallest absolute Gasteiger partial charge is 0.251 e. The summed E-state index contributed by atoms with van der Waals surface area (Å²) < 4.78 is 0. The molecule has 1 fully saturated rings. The number of rotatable bonds is 3. The molecule has 3 aromatic rings. The van der Waals surface area contributed by atoms with Crippen molar-refractivity contribution in [3.05, 3.63) is 58.7 Å². The minimum atomic E-state index is -0.481. The third-order valence-electron chi connectivity index (χ3n) is 5.98. The van der Waals surface area contributed by atoms with E-state index < -0.39 is 6.04 Å². The Bertz CT molecular complexity index is 1220. The molecule has 1 aromatic heterocycles. The molecule has 158 valence electrons. The Balaban J connectivity index is 1.36. The summed E-state index contributed by atoms with van der Waals surface area (Å²) in [6, 6.07) is 12.1. The molecule has 2 aliphatic heterocycles. The van der Waals surface area contributed by atoms with Crippen molar-refractivity contribution >= 4 is 51.6 Å². The normalized spacial score (nSPS) is 19.2. The Morgan fingerprint density at radius 3 is 2.68 bits per heavy atom. The molecule has 0 bridgehead atoms. The molecule has 31 heavy (non-hydrogen) atoms. The third kappa shape index (κ3) is 3.49. The molecule has 2 aromatic carbocycles. The summed E-state index contributed by atoms with van der Waals surface area (Å²) in [6.07, 6.45) is 0.951. The second-order valence-electron chi connectivity index (χ2n) is 8.01. The number of carbonyl (C=O) groups excluding carboxylic acids is 3.